The number of carbonyl (C=O) groups excluding carboxylic acids is 5. The Morgan fingerprint density at radius 1 is 1.08 bits per heavy atom. The molecular formula is C34H43F2N5O10. The van der Waals surface area contributed by atoms with Crippen LogP contribution in [0.3, 0.4) is 0 Å². The maximum Gasteiger partial charge on any atom is 0.586 e. The van der Waals surface area contributed by atoms with Crippen molar-refractivity contribution in [2.24, 2.45) is 5.41 Å². The van der Waals surface area contributed by atoms with Crippen LogP contribution in [0.4, 0.5) is 13.6 Å². The zero-order valence-electron chi connectivity index (χ0n) is 28.8. The number of hydroxylamine groups is 1. The molecule has 1 aromatic rings. The molecule has 15 nitrogen and oxygen atoms in total. The van der Waals surface area contributed by atoms with Crippen LogP contribution in [-0.4, -0.2) is 96.4 Å². The fourth-order valence-electron chi connectivity index (χ4n) is 6.47. The molecule has 1 spiro atoms. The Labute approximate surface area is 293 Å². The van der Waals surface area contributed by atoms with E-state index in [4.69, 9.17) is 14.3 Å². The third kappa shape index (κ3) is 8.19. The number of hydrogen-bond acceptors (Lipinski definition) is 11. The molecular weight excluding hydrogens is 676 g/mol. The molecule has 4 N–H and O–H groups in total. The van der Waals surface area contributed by atoms with E-state index >= 15 is 0 Å². The Morgan fingerprint density at radius 2 is 1.82 bits per heavy atom. The molecule has 6 rings (SSSR count). The van der Waals surface area contributed by atoms with Crippen molar-refractivity contribution in [1.82, 2.24) is 26.3 Å². The predicted octanol–water partition coefficient (Wildman–Crippen LogP) is 2.29. The van der Waals surface area contributed by atoms with Crippen molar-refractivity contribution in [2.75, 3.05) is 19.8 Å². The summed E-state index contributed by atoms with van der Waals surface area (Å²) in [5, 5.41) is 8.04. The van der Waals surface area contributed by atoms with Gasteiger partial charge in [-0.3, -0.25) is 29.5 Å². The molecule has 0 radical (unpaired) electrons. The van der Waals surface area contributed by atoms with Crippen molar-refractivity contribution in [3.63, 3.8) is 0 Å². The Bertz CT molecular complexity index is 1610. The first kappa shape index (κ1) is 36.3. The summed E-state index contributed by atoms with van der Waals surface area (Å²) in [7, 11) is 0. The highest BCUT2D eigenvalue weighted by molar-refractivity contribution is 6.38. The number of nitrogens with one attached hydrogen (secondary N) is 4. The number of nitrogens with zero attached hydrogens (tertiary/aromatic N) is 1. The third-order valence-electron chi connectivity index (χ3n) is 9.31. The molecule has 5 aliphatic rings. The standard InChI is InChI=1S/C34H43F2N5O10/c1-5-6-21(26(42)29(44)37-19-8-9-19)38-28(43)23-15-33(14-22(40-51-33)18-7-10-24-25(13-18)50-34(35,36)49-24)17-41(23)30(45)27(32(2,3)4)39-31(46)48-20-11-12-47-16-20/h7,10,13-14,19-21,23,27,40H,5-6,8-9,11-12,15-17H2,1-4H3,(H,37,44)(H,38,43)(H,39,46)/t20-,21-,23-,27+,33+/m0/s1. The van der Waals surface area contributed by atoms with Gasteiger partial charge in [0.05, 0.1) is 31.5 Å². The molecule has 1 aliphatic carbocycles. The number of ketones is 1. The third-order valence-corrected chi connectivity index (χ3v) is 9.31. The van der Waals surface area contributed by atoms with E-state index in [2.05, 4.69) is 30.9 Å². The van der Waals surface area contributed by atoms with Crippen molar-refractivity contribution in [3.05, 3.63) is 29.8 Å². The molecule has 4 amide bonds. The maximum absolute atomic E-state index is 14.5. The fraction of sp³-hybridized carbons (Fsp3) is 0.618. The molecule has 3 fully saturated rings. The molecule has 5 atom stereocenters. The van der Waals surface area contributed by atoms with Gasteiger partial charge in [-0.25, -0.2) is 4.79 Å². The van der Waals surface area contributed by atoms with E-state index in [1.54, 1.807) is 26.8 Å². The quantitative estimate of drug-likeness (QED) is 0.246. The second-order valence-corrected chi connectivity index (χ2v) is 14.6. The number of alkyl carbamates (subject to hydrolysis) is 1. The predicted molar refractivity (Wildman–Crippen MR) is 173 cm³/mol. The van der Waals surface area contributed by atoms with Crippen LogP contribution in [0, 0.1) is 5.41 Å². The van der Waals surface area contributed by atoms with Gasteiger partial charge in [0.15, 0.2) is 11.5 Å². The zero-order valence-corrected chi connectivity index (χ0v) is 28.8. The van der Waals surface area contributed by atoms with Crippen LogP contribution in [-0.2, 0) is 33.5 Å². The number of halogens is 2. The number of ether oxygens (including phenoxy) is 4. The number of rotatable bonds is 11. The summed E-state index contributed by atoms with van der Waals surface area (Å²) >= 11 is 0. The number of likely N-dealkylation sites (tertiary alicyclic amines) is 1. The lowest BCUT2D eigenvalue weighted by molar-refractivity contribution is -0.286. The van der Waals surface area contributed by atoms with Crippen LogP contribution in [0.2, 0.25) is 0 Å². The van der Waals surface area contributed by atoms with Crippen LogP contribution >= 0.6 is 0 Å². The summed E-state index contributed by atoms with van der Waals surface area (Å²) in [6.07, 6.45) is -0.822. The van der Waals surface area contributed by atoms with E-state index in [0.29, 0.717) is 30.7 Å². The second kappa shape index (κ2) is 13.9. The molecule has 0 unspecified atom stereocenters. The van der Waals surface area contributed by atoms with Crippen molar-refractivity contribution in [2.45, 2.75) is 108 Å². The zero-order chi connectivity index (χ0) is 36.7. The number of carbonyl (C=O) groups is 5. The fourth-order valence-corrected chi connectivity index (χ4v) is 6.47. The number of benzene rings is 1. The van der Waals surface area contributed by atoms with Gasteiger partial charge in [0.25, 0.3) is 5.91 Å². The van der Waals surface area contributed by atoms with Crippen molar-refractivity contribution < 1.29 is 56.5 Å². The van der Waals surface area contributed by atoms with Crippen molar-refractivity contribution in [1.29, 1.82) is 0 Å². The smallest absolute Gasteiger partial charge is 0.444 e. The average molecular weight is 720 g/mol. The number of hydrogen-bond donors (Lipinski definition) is 4. The van der Waals surface area contributed by atoms with Crippen LogP contribution < -0.4 is 30.9 Å². The Kier molecular flexibility index (Phi) is 9.89. The molecule has 4 heterocycles. The summed E-state index contributed by atoms with van der Waals surface area (Å²) in [5.74, 6) is -3.21. The van der Waals surface area contributed by atoms with Gasteiger partial charge in [-0.2, -0.15) is 0 Å². The lowest BCUT2D eigenvalue weighted by Crippen LogP contribution is -2.59. The van der Waals surface area contributed by atoms with E-state index in [1.165, 1.54) is 23.1 Å². The highest BCUT2D eigenvalue weighted by Gasteiger charge is 2.54. The van der Waals surface area contributed by atoms with Crippen LogP contribution in [0.15, 0.2) is 24.3 Å². The Balaban J connectivity index is 1.27. The molecule has 4 aliphatic heterocycles. The number of alkyl halides is 2. The SMILES string of the molecule is CCC[C@H](NC(=O)[C@@H]1C[C@]2(C=C(c3ccc4c(c3)OC(F)(F)O4)NO2)CN1C(=O)[C@@H](NC(=O)O[C@H]1CCOC1)C(C)(C)C)C(=O)C(=O)NC1CC1. The largest absolute Gasteiger partial charge is 0.586 e. The molecule has 0 bridgehead atoms. The summed E-state index contributed by atoms with van der Waals surface area (Å²) in [5.41, 5.74) is 1.39. The first-order valence-corrected chi connectivity index (χ1v) is 17.1. The average Bonchev–Trinajstić information content (AvgIpc) is 3.40. The van der Waals surface area contributed by atoms with E-state index < -0.39 is 71.1 Å². The van der Waals surface area contributed by atoms with Crippen molar-refractivity contribution in [3.8, 4) is 11.5 Å². The van der Waals surface area contributed by atoms with Crippen LogP contribution in [0.5, 0.6) is 11.5 Å². The maximum atomic E-state index is 14.5. The molecule has 278 valence electrons. The summed E-state index contributed by atoms with van der Waals surface area (Å²) in [4.78, 5) is 74.6. The lowest BCUT2D eigenvalue weighted by atomic mass is 9.85. The van der Waals surface area contributed by atoms with Gasteiger partial charge in [0, 0.05) is 24.4 Å². The minimum atomic E-state index is -3.81. The highest BCUT2D eigenvalue weighted by atomic mass is 19.3. The number of fused-ring (bicyclic) bond motifs is 1. The molecule has 2 saturated heterocycles. The Hall–Kier alpha value is -4.51. The monoisotopic (exact) mass is 719 g/mol. The molecule has 51 heavy (non-hydrogen) atoms. The van der Waals surface area contributed by atoms with E-state index in [-0.39, 0.29) is 43.5 Å². The van der Waals surface area contributed by atoms with Crippen LogP contribution in [0.1, 0.15) is 71.8 Å². The molecule has 1 aromatic carbocycles. The minimum Gasteiger partial charge on any atom is -0.444 e. The van der Waals surface area contributed by atoms with E-state index in [9.17, 15) is 32.8 Å². The number of amides is 4. The molecule has 0 aromatic heterocycles. The van der Waals surface area contributed by atoms with E-state index in [1.807, 2.05) is 6.92 Å². The van der Waals surface area contributed by atoms with Gasteiger partial charge in [0.1, 0.15) is 23.8 Å². The second-order valence-electron chi connectivity index (χ2n) is 14.6. The summed E-state index contributed by atoms with van der Waals surface area (Å²) < 4.78 is 47.2. The summed E-state index contributed by atoms with van der Waals surface area (Å²) in [6.45, 7) is 7.56. The lowest BCUT2D eigenvalue weighted by Gasteiger charge is -2.35. The van der Waals surface area contributed by atoms with Gasteiger partial charge in [-0.05, 0) is 49.0 Å². The highest BCUT2D eigenvalue weighted by Crippen LogP contribution is 2.44. The van der Waals surface area contributed by atoms with Gasteiger partial charge in [-0.15, -0.1) is 8.78 Å². The minimum absolute atomic E-state index is 0.0637. The first-order valence-electron chi connectivity index (χ1n) is 17.1. The first-order chi connectivity index (χ1) is 24.1. The number of Topliss-reactive ketones (excluding diaryl/α,β-unsaturated/α-hetero) is 1. The van der Waals surface area contributed by atoms with Gasteiger partial charge < -0.3 is 39.8 Å². The summed E-state index contributed by atoms with van der Waals surface area (Å²) in [6, 6.07) is 0.592. The topological polar surface area (TPSA) is 183 Å². The Morgan fingerprint density at radius 3 is 2.49 bits per heavy atom. The molecule has 17 heteroatoms. The van der Waals surface area contributed by atoms with E-state index in [0.717, 1.165) is 12.8 Å². The van der Waals surface area contributed by atoms with Gasteiger partial charge in [0.2, 0.25) is 17.6 Å². The van der Waals surface area contributed by atoms with Gasteiger partial charge >= 0.3 is 12.4 Å². The normalized spacial score (nSPS) is 25.8. The molecule has 1 saturated carbocycles. The van der Waals surface area contributed by atoms with Crippen molar-refractivity contribution >= 4 is 35.3 Å². The van der Waals surface area contributed by atoms with Crippen LogP contribution in [0.25, 0.3) is 5.70 Å². The van der Waals surface area contributed by atoms with Gasteiger partial charge in [-0.1, -0.05) is 34.1 Å².